The molecule has 1 aliphatic rings. The minimum absolute atomic E-state index is 0.0612. The summed E-state index contributed by atoms with van der Waals surface area (Å²) in [6, 6.07) is 4.01. The molecule has 0 bridgehead atoms. The Hall–Kier alpha value is -2.41. The number of rotatable bonds is 3. The van der Waals surface area contributed by atoms with Gasteiger partial charge >= 0.3 is 0 Å². The Morgan fingerprint density at radius 3 is 2.91 bits per heavy atom. The third kappa shape index (κ3) is 2.37. The van der Waals surface area contributed by atoms with Gasteiger partial charge in [0, 0.05) is 12.7 Å². The first-order valence-electron chi connectivity index (χ1n) is 7.86. The van der Waals surface area contributed by atoms with Crippen LogP contribution in [-0.4, -0.2) is 48.4 Å². The van der Waals surface area contributed by atoms with Gasteiger partial charge in [-0.05, 0) is 38.8 Å². The molecular formula is C16H20N6O. The van der Waals surface area contributed by atoms with Crippen molar-refractivity contribution in [2.24, 2.45) is 0 Å². The maximum absolute atomic E-state index is 10.5. The van der Waals surface area contributed by atoms with Crippen molar-refractivity contribution < 1.29 is 5.11 Å². The van der Waals surface area contributed by atoms with Crippen LogP contribution < -0.4 is 4.90 Å². The van der Waals surface area contributed by atoms with Crippen LogP contribution >= 0.6 is 0 Å². The highest BCUT2D eigenvalue weighted by molar-refractivity contribution is 5.91. The first kappa shape index (κ1) is 14.2. The highest BCUT2D eigenvalue weighted by Gasteiger charge is 2.37. The molecule has 3 N–H and O–H groups in total. The molecule has 0 radical (unpaired) electrons. The quantitative estimate of drug-likeness (QED) is 0.688. The number of anilines is 1. The molecule has 3 aromatic heterocycles. The average molecular weight is 312 g/mol. The Morgan fingerprint density at radius 1 is 1.30 bits per heavy atom. The van der Waals surface area contributed by atoms with E-state index in [-0.39, 0.29) is 6.04 Å². The highest BCUT2D eigenvalue weighted by atomic mass is 16.3. The lowest BCUT2D eigenvalue weighted by atomic mass is 9.96. The van der Waals surface area contributed by atoms with E-state index in [4.69, 9.17) is 0 Å². The number of aromatic nitrogens is 5. The number of nitrogens with zero attached hydrogens (tertiary/aromatic N) is 4. The fraction of sp³-hybridized carbons (Fsp3) is 0.438. The predicted molar refractivity (Wildman–Crippen MR) is 88.1 cm³/mol. The van der Waals surface area contributed by atoms with E-state index in [1.165, 1.54) is 0 Å². The number of hydrogen-bond acceptors (Lipinski definition) is 5. The summed E-state index contributed by atoms with van der Waals surface area (Å²) in [7, 11) is 0. The van der Waals surface area contributed by atoms with E-state index >= 15 is 0 Å². The summed E-state index contributed by atoms with van der Waals surface area (Å²) in [4.78, 5) is 14.4. The third-order valence-electron chi connectivity index (χ3n) is 4.54. The van der Waals surface area contributed by atoms with Crippen molar-refractivity contribution in [2.75, 3.05) is 11.4 Å². The molecule has 1 atom stereocenters. The van der Waals surface area contributed by atoms with Gasteiger partial charge in [-0.15, -0.1) is 0 Å². The van der Waals surface area contributed by atoms with Crippen molar-refractivity contribution >= 4 is 16.9 Å². The third-order valence-corrected chi connectivity index (χ3v) is 4.54. The average Bonchev–Trinajstić information content (AvgIpc) is 3.24. The first-order valence-corrected chi connectivity index (χ1v) is 7.86. The molecule has 3 aromatic rings. The number of aliphatic hydroxyl groups is 1. The largest absolute Gasteiger partial charge is 0.388 e. The smallest absolute Gasteiger partial charge is 0.143 e. The van der Waals surface area contributed by atoms with Crippen LogP contribution in [0.25, 0.3) is 22.4 Å². The van der Waals surface area contributed by atoms with Crippen LogP contribution in [0, 0.1) is 0 Å². The van der Waals surface area contributed by atoms with Crippen LogP contribution in [0.1, 0.15) is 26.7 Å². The van der Waals surface area contributed by atoms with Crippen LogP contribution in [0.4, 0.5) is 5.82 Å². The van der Waals surface area contributed by atoms with E-state index in [1.54, 1.807) is 12.5 Å². The number of hydrogen-bond donors (Lipinski definition) is 3. The van der Waals surface area contributed by atoms with E-state index in [0.717, 1.165) is 47.6 Å². The maximum Gasteiger partial charge on any atom is 0.143 e. The Morgan fingerprint density at radius 2 is 2.17 bits per heavy atom. The fourth-order valence-electron chi connectivity index (χ4n) is 3.46. The van der Waals surface area contributed by atoms with E-state index < -0.39 is 5.60 Å². The molecule has 120 valence electrons. The fourth-order valence-corrected chi connectivity index (χ4v) is 3.46. The molecule has 0 spiro atoms. The molecule has 7 nitrogen and oxygen atoms in total. The lowest BCUT2D eigenvalue weighted by Crippen LogP contribution is -2.46. The van der Waals surface area contributed by atoms with Crippen molar-refractivity contribution in [1.29, 1.82) is 0 Å². The second-order valence-electron chi connectivity index (χ2n) is 6.62. The molecule has 0 aromatic carbocycles. The van der Waals surface area contributed by atoms with Crippen molar-refractivity contribution in [2.45, 2.75) is 38.3 Å². The standard InChI is InChI=1S/C16H20N6O/c1-16(2,23)13-4-3-7-22(13)15-10-8-12(11-5-6-19-21-11)20-14(10)17-9-18-15/h5-6,8-9,13,23H,3-4,7H2,1-2H3,(H,19,21)(H,17,18,20)/t13-/m1/s1. The summed E-state index contributed by atoms with van der Waals surface area (Å²) in [5.74, 6) is 0.877. The van der Waals surface area contributed by atoms with E-state index in [9.17, 15) is 5.11 Å². The zero-order valence-corrected chi connectivity index (χ0v) is 13.2. The Kier molecular flexibility index (Phi) is 3.12. The summed E-state index contributed by atoms with van der Waals surface area (Å²) >= 11 is 0. The summed E-state index contributed by atoms with van der Waals surface area (Å²) in [6.07, 6.45) is 5.31. The second kappa shape index (κ2) is 5.06. The minimum atomic E-state index is -0.768. The molecule has 1 aliphatic heterocycles. The molecule has 4 rings (SSSR count). The lowest BCUT2D eigenvalue weighted by molar-refractivity contribution is 0.0533. The molecule has 1 saturated heterocycles. The topological polar surface area (TPSA) is 93.7 Å². The summed E-state index contributed by atoms with van der Waals surface area (Å²) in [5, 5.41) is 18.4. The zero-order valence-electron chi connectivity index (χ0n) is 13.2. The summed E-state index contributed by atoms with van der Waals surface area (Å²) in [5.41, 5.74) is 1.87. The van der Waals surface area contributed by atoms with Crippen molar-refractivity contribution in [3.63, 3.8) is 0 Å². The molecule has 0 aliphatic carbocycles. The van der Waals surface area contributed by atoms with Crippen LogP contribution in [0.3, 0.4) is 0 Å². The number of H-pyrrole nitrogens is 2. The summed E-state index contributed by atoms with van der Waals surface area (Å²) in [6.45, 7) is 4.62. The Bertz CT molecular complexity index is 817. The van der Waals surface area contributed by atoms with Gasteiger partial charge in [-0.2, -0.15) is 5.10 Å². The molecule has 7 heteroatoms. The molecular weight excluding hydrogens is 292 g/mol. The Balaban J connectivity index is 1.81. The monoisotopic (exact) mass is 312 g/mol. The van der Waals surface area contributed by atoms with Gasteiger partial charge < -0.3 is 15.0 Å². The van der Waals surface area contributed by atoms with Gasteiger partial charge in [0.15, 0.2) is 0 Å². The molecule has 0 saturated carbocycles. The normalized spacial score (nSPS) is 18.9. The van der Waals surface area contributed by atoms with Gasteiger partial charge in [0.2, 0.25) is 0 Å². The van der Waals surface area contributed by atoms with Crippen molar-refractivity contribution in [1.82, 2.24) is 25.1 Å². The molecule has 0 amide bonds. The summed E-state index contributed by atoms with van der Waals surface area (Å²) < 4.78 is 0. The van der Waals surface area contributed by atoms with Crippen LogP contribution in [-0.2, 0) is 0 Å². The van der Waals surface area contributed by atoms with E-state index in [2.05, 4.69) is 30.0 Å². The zero-order chi connectivity index (χ0) is 16.0. The van der Waals surface area contributed by atoms with Gasteiger partial charge in [0.05, 0.1) is 28.4 Å². The SMILES string of the molecule is CC(C)(O)[C@H]1CCCN1c1ncnc2[nH]c(-c3ccn[nH]3)cc12. The van der Waals surface area contributed by atoms with Crippen molar-refractivity contribution in [3.8, 4) is 11.4 Å². The Labute approximate surface area is 133 Å². The van der Waals surface area contributed by atoms with Gasteiger partial charge in [0.1, 0.15) is 17.8 Å². The lowest BCUT2D eigenvalue weighted by Gasteiger charge is -2.34. The van der Waals surface area contributed by atoms with E-state index in [0.29, 0.717) is 0 Å². The van der Waals surface area contributed by atoms with Crippen LogP contribution in [0.15, 0.2) is 24.7 Å². The molecule has 23 heavy (non-hydrogen) atoms. The predicted octanol–water partition coefficient (Wildman–Crippen LogP) is 2.09. The van der Waals surface area contributed by atoms with Crippen molar-refractivity contribution in [3.05, 3.63) is 24.7 Å². The van der Waals surface area contributed by atoms with Crippen LogP contribution in [0.2, 0.25) is 0 Å². The minimum Gasteiger partial charge on any atom is -0.388 e. The molecule has 1 fully saturated rings. The van der Waals surface area contributed by atoms with E-state index in [1.807, 2.05) is 26.0 Å². The maximum atomic E-state index is 10.5. The van der Waals surface area contributed by atoms with Gasteiger partial charge in [-0.25, -0.2) is 9.97 Å². The first-order chi connectivity index (χ1) is 11.0. The number of nitrogens with one attached hydrogen (secondary N) is 2. The van der Waals surface area contributed by atoms with Gasteiger partial charge in [-0.3, -0.25) is 5.10 Å². The molecule has 0 unspecified atom stereocenters. The molecule has 4 heterocycles. The number of aromatic amines is 2. The van der Waals surface area contributed by atoms with Gasteiger partial charge in [-0.1, -0.05) is 0 Å². The van der Waals surface area contributed by atoms with Gasteiger partial charge in [0.25, 0.3) is 0 Å². The van der Waals surface area contributed by atoms with Crippen LogP contribution in [0.5, 0.6) is 0 Å². The number of fused-ring (bicyclic) bond motifs is 1. The second-order valence-corrected chi connectivity index (χ2v) is 6.62. The highest BCUT2D eigenvalue weighted by Crippen LogP contribution is 2.35.